The topological polar surface area (TPSA) is 41.5 Å². The standard InChI is InChI=1S/C15H15F2NO2/c1-9(12-5-3-10(16)7-14(12)19)18-11-4-6-15(20-2)13(17)8-11/h3-9,18-19H,1-2H3. The average Bonchev–Trinajstić information content (AvgIpc) is 2.38. The van der Waals surface area contributed by atoms with Crippen molar-refractivity contribution in [3.63, 3.8) is 0 Å². The summed E-state index contributed by atoms with van der Waals surface area (Å²) in [6.07, 6.45) is 0. The lowest BCUT2D eigenvalue weighted by molar-refractivity contribution is 0.386. The van der Waals surface area contributed by atoms with Crippen LogP contribution in [0.25, 0.3) is 0 Å². The Labute approximate surface area is 115 Å². The molecule has 0 spiro atoms. The van der Waals surface area contributed by atoms with Crippen LogP contribution in [0, 0.1) is 11.6 Å². The molecular formula is C15H15F2NO2. The monoisotopic (exact) mass is 279 g/mol. The molecule has 0 fully saturated rings. The van der Waals surface area contributed by atoms with Crippen molar-refractivity contribution in [1.29, 1.82) is 0 Å². The van der Waals surface area contributed by atoms with Gasteiger partial charge in [0.2, 0.25) is 0 Å². The molecular weight excluding hydrogens is 264 g/mol. The summed E-state index contributed by atoms with van der Waals surface area (Å²) in [5.74, 6) is -0.964. The van der Waals surface area contributed by atoms with Gasteiger partial charge in [0.1, 0.15) is 11.6 Å². The maximum Gasteiger partial charge on any atom is 0.167 e. The maximum atomic E-state index is 13.6. The van der Waals surface area contributed by atoms with Gasteiger partial charge in [0.05, 0.1) is 13.2 Å². The van der Waals surface area contributed by atoms with Gasteiger partial charge in [0.25, 0.3) is 0 Å². The summed E-state index contributed by atoms with van der Waals surface area (Å²) in [7, 11) is 1.39. The second kappa shape index (κ2) is 5.77. The van der Waals surface area contributed by atoms with Crippen LogP contribution >= 0.6 is 0 Å². The predicted octanol–water partition coefficient (Wildman–Crippen LogP) is 3.85. The van der Waals surface area contributed by atoms with Crippen LogP contribution in [0.3, 0.4) is 0 Å². The quantitative estimate of drug-likeness (QED) is 0.893. The van der Waals surface area contributed by atoms with E-state index in [1.807, 2.05) is 0 Å². The van der Waals surface area contributed by atoms with Gasteiger partial charge in [-0.15, -0.1) is 0 Å². The van der Waals surface area contributed by atoms with Crippen molar-refractivity contribution in [2.24, 2.45) is 0 Å². The summed E-state index contributed by atoms with van der Waals surface area (Å²) in [5.41, 5.74) is 1.07. The van der Waals surface area contributed by atoms with Gasteiger partial charge in [-0.05, 0) is 25.1 Å². The fraction of sp³-hybridized carbons (Fsp3) is 0.200. The smallest absolute Gasteiger partial charge is 0.167 e. The second-order valence-electron chi connectivity index (χ2n) is 4.42. The highest BCUT2D eigenvalue weighted by molar-refractivity contribution is 5.50. The largest absolute Gasteiger partial charge is 0.507 e. The molecule has 0 amide bonds. The molecule has 0 aliphatic heterocycles. The third-order valence-electron chi connectivity index (χ3n) is 2.99. The van der Waals surface area contributed by atoms with Crippen LogP contribution in [-0.4, -0.2) is 12.2 Å². The molecule has 0 heterocycles. The van der Waals surface area contributed by atoms with Gasteiger partial charge >= 0.3 is 0 Å². The molecule has 106 valence electrons. The summed E-state index contributed by atoms with van der Waals surface area (Å²) in [6, 6.07) is 7.97. The molecule has 0 saturated heterocycles. The minimum absolute atomic E-state index is 0.140. The van der Waals surface area contributed by atoms with E-state index in [0.29, 0.717) is 11.3 Å². The van der Waals surface area contributed by atoms with Gasteiger partial charge in [-0.2, -0.15) is 0 Å². The van der Waals surface area contributed by atoms with Gasteiger partial charge in [-0.3, -0.25) is 0 Å². The number of phenols is 1. The fourth-order valence-electron chi connectivity index (χ4n) is 1.97. The Bertz CT molecular complexity index is 617. The van der Waals surface area contributed by atoms with Crippen molar-refractivity contribution >= 4 is 5.69 Å². The van der Waals surface area contributed by atoms with Crippen molar-refractivity contribution < 1.29 is 18.6 Å². The molecule has 0 aromatic heterocycles. The lowest BCUT2D eigenvalue weighted by atomic mass is 10.1. The lowest BCUT2D eigenvalue weighted by Gasteiger charge is -2.17. The van der Waals surface area contributed by atoms with Crippen molar-refractivity contribution in [3.8, 4) is 11.5 Å². The number of ether oxygens (including phenoxy) is 1. The molecule has 0 radical (unpaired) electrons. The molecule has 3 nitrogen and oxygen atoms in total. The molecule has 1 atom stereocenters. The Hall–Kier alpha value is -2.30. The number of nitrogens with one attached hydrogen (secondary N) is 1. The van der Waals surface area contributed by atoms with E-state index in [-0.39, 0.29) is 17.5 Å². The summed E-state index contributed by atoms with van der Waals surface area (Å²) >= 11 is 0. The van der Waals surface area contributed by atoms with E-state index in [0.717, 1.165) is 6.07 Å². The first-order valence-corrected chi connectivity index (χ1v) is 6.09. The number of anilines is 1. The molecule has 0 aliphatic rings. The van der Waals surface area contributed by atoms with Crippen LogP contribution in [0.2, 0.25) is 0 Å². The number of hydrogen-bond acceptors (Lipinski definition) is 3. The van der Waals surface area contributed by atoms with E-state index in [1.165, 1.54) is 31.4 Å². The number of rotatable bonds is 4. The first-order valence-electron chi connectivity index (χ1n) is 6.09. The van der Waals surface area contributed by atoms with Crippen molar-refractivity contribution in [3.05, 3.63) is 53.6 Å². The number of methoxy groups -OCH3 is 1. The van der Waals surface area contributed by atoms with E-state index in [2.05, 4.69) is 5.32 Å². The highest BCUT2D eigenvalue weighted by Gasteiger charge is 2.12. The highest BCUT2D eigenvalue weighted by atomic mass is 19.1. The van der Waals surface area contributed by atoms with Gasteiger partial charge < -0.3 is 15.2 Å². The third-order valence-corrected chi connectivity index (χ3v) is 2.99. The minimum atomic E-state index is -0.506. The Morgan fingerprint density at radius 3 is 2.50 bits per heavy atom. The zero-order valence-corrected chi connectivity index (χ0v) is 11.2. The minimum Gasteiger partial charge on any atom is -0.507 e. The second-order valence-corrected chi connectivity index (χ2v) is 4.42. The van der Waals surface area contributed by atoms with E-state index in [4.69, 9.17) is 4.74 Å². The molecule has 2 N–H and O–H groups in total. The van der Waals surface area contributed by atoms with Crippen LogP contribution in [0.1, 0.15) is 18.5 Å². The Morgan fingerprint density at radius 2 is 1.90 bits per heavy atom. The first kappa shape index (κ1) is 14.1. The summed E-state index contributed by atoms with van der Waals surface area (Å²) in [6.45, 7) is 1.79. The maximum absolute atomic E-state index is 13.6. The van der Waals surface area contributed by atoms with Crippen LogP contribution < -0.4 is 10.1 Å². The molecule has 1 unspecified atom stereocenters. The van der Waals surface area contributed by atoms with Crippen molar-refractivity contribution in [2.75, 3.05) is 12.4 Å². The van der Waals surface area contributed by atoms with Gasteiger partial charge in [-0.1, -0.05) is 6.07 Å². The summed E-state index contributed by atoms with van der Waals surface area (Å²) in [4.78, 5) is 0. The van der Waals surface area contributed by atoms with Crippen LogP contribution in [-0.2, 0) is 0 Å². The first-order chi connectivity index (χ1) is 9.51. The number of halogens is 2. The molecule has 2 rings (SSSR count). The van der Waals surface area contributed by atoms with Gasteiger partial charge in [0, 0.05) is 23.4 Å². The molecule has 0 aliphatic carbocycles. The van der Waals surface area contributed by atoms with Crippen LogP contribution in [0.4, 0.5) is 14.5 Å². The Kier molecular flexibility index (Phi) is 4.08. The number of hydrogen-bond donors (Lipinski definition) is 2. The van der Waals surface area contributed by atoms with E-state index >= 15 is 0 Å². The number of benzene rings is 2. The molecule has 2 aromatic carbocycles. The average molecular weight is 279 g/mol. The SMILES string of the molecule is COc1ccc(NC(C)c2ccc(F)cc2O)cc1F. The summed E-state index contributed by atoms with van der Waals surface area (Å²) < 4.78 is 31.3. The Morgan fingerprint density at radius 1 is 1.15 bits per heavy atom. The van der Waals surface area contributed by atoms with Crippen LogP contribution in [0.15, 0.2) is 36.4 Å². The zero-order chi connectivity index (χ0) is 14.7. The van der Waals surface area contributed by atoms with Gasteiger partial charge in [-0.25, -0.2) is 8.78 Å². The third kappa shape index (κ3) is 2.99. The number of phenolic OH excluding ortho intramolecular Hbond substituents is 1. The molecule has 5 heteroatoms. The Balaban J connectivity index is 2.18. The lowest BCUT2D eigenvalue weighted by Crippen LogP contribution is -2.07. The van der Waals surface area contributed by atoms with E-state index in [9.17, 15) is 13.9 Å². The van der Waals surface area contributed by atoms with E-state index < -0.39 is 11.6 Å². The molecule has 0 saturated carbocycles. The highest BCUT2D eigenvalue weighted by Crippen LogP contribution is 2.29. The van der Waals surface area contributed by atoms with Crippen LogP contribution in [0.5, 0.6) is 11.5 Å². The molecule has 20 heavy (non-hydrogen) atoms. The zero-order valence-electron chi connectivity index (χ0n) is 11.2. The molecule has 2 aromatic rings. The fourth-order valence-corrected chi connectivity index (χ4v) is 1.97. The summed E-state index contributed by atoms with van der Waals surface area (Å²) in [5, 5.41) is 12.7. The van der Waals surface area contributed by atoms with E-state index in [1.54, 1.807) is 13.0 Å². The van der Waals surface area contributed by atoms with Crippen molar-refractivity contribution in [2.45, 2.75) is 13.0 Å². The predicted molar refractivity (Wildman–Crippen MR) is 73.1 cm³/mol. The normalized spacial score (nSPS) is 12.0. The van der Waals surface area contributed by atoms with Gasteiger partial charge in [0.15, 0.2) is 11.6 Å². The van der Waals surface area contributed by atoms with Crippen molar-refractivity contribution in [1.82, 2.24) is 0 Å². The number of aromatic hydroxyl groups is 1. The molecule has 0 bridgehead atoms.